The molecule has 1 saturated heterocycles. The third kappa shape index (κ3) is 5.80. The third-order valence-corrected chi connectivity index (χ3v) is 2.90. The Balaban J connectivity index is 2.07. The van der Waals surface area contributed by atoms with E-state index in [2.05, 4.69) is 24.5 Å². The fraction of sp³-hybridized carbons (Fsp3) is 1.00. The Morgan fingerprint density at radius 1 is 1.50 bits per heavy atom. The molecule has 4 nitrogen and oxygen atoms in total. The van der Waals surface area contributed by atoms with E-state index in [1.165, 1.54) is 0 Å². The summed E-state index contributed by atoms with van der Waals surface area (Å²) in [5, 5.41) is 7.01. The van der Waals surface area contributed by atoms with Crippen LogP contribution in [-0.4, -0.2) is 52.1 Å². The topological polar surface area (TPSA) is 42.5 Å². The average molecular weight is 230 g/mol. The summed E-state index contributed by atoms with van der Waals surface area (Å²) in [5.74, 6) is 0.572. The molecule has 4 heteroatoms. The number of methoxy groups -OCH3 is 1. The van der Waals surface area contributed by atoms with E-state index in [1.54, 1.807) is 7.11 Å². The van der Waals surface area contributed by atoms with Crippen molar-refractivity contribution in [1.82, 2.24) is 10.6 Å². The van der Waals surface area contributed by atoms with E-state index in [9.17, 15) is 0 Å². The lowest BCUT2D eigenvalue weighted by atomic mass is 10.1. The standard InChI is InChI=1S/C12H26N2O2/c1-10(8-15-3)7-14-11(2)6-12-9-16-5-4-13-12/h10-14H,4-9H2,1-3H3. The Hall–Kier alpha value is -0.160. The maximum atomic E-state index is 5.44. The highest BCUT2D eigenvalue weighted by molar-refractivity contribution is 4.76. The quantitative estimate of drug-likeness (QED) is 0.673. The summed E-state index contributed by atoms with van der Waals surface area (Å²) in [6.07, 6.45) is 1.12. The Kier molecular flexibility index (Phi) is 6.96. The van der Waals surface area contributed by atoms with Crippen LogP contribution in [0, 0.1) is 5.92 Å². The lowest BCUT2D eigenvalue weighted by molar-refractivity contribution is 0.0708. The lowest BCUT2D eigenvalue weighted by Crippen LogP contribution is -2.45. The number of hydrogen-bond donors (Lipinski definition) is 2. The van der Waals surface area contributed by atoms with Crippen LogP contribution in [0.4, 0.5) is 0 Å². The summed E-state index contributed by atoms with van der Waals surface area (Å²) < 4.78 is 10.6. The van der Waals surface area contributed by atoms with Crippen molar-refractivity contribution in [2.75, 3.05) is 40.0 Å². The minimum atomic E-state index is 0.508. The summed E-state index contributed by atoms with van der Waals surface area (Å²) in [6.45, 7) is 8.95. The zero-order valence-electron chi connectivity index (χ0n) is 10.8. The summed E-state index contributed by atoms with van der Waals surface area (Å²) in [6, 6.07) is 1.03. The van der Waals surface area contributed by atoms with Gasteiger partial charge in [0.2, 0.25) is 0 Å². The van der Waals surface area contributed by atoms with Crippen molar-refractivity contribution in [1.29, 1.82) is 0 Å². The molecule has 2 N–H and O–H groups in total. The smallest absolute Gasteiger partial charge is 0.0620 e. The lowest BCUT2D eigenvalue weighted by Gasteiger charge is -2.27. The molecule has 3 unspecified atom stereocenters. The van der Waals surface area contributed by atoms with Gasteiger partial charge in [0, 0.05) is 38.9 Å². The molecule has 1 aliphatic rings. The first-order valence-electron chi connectivity index (χ1n) is 6.25. The van der Waals surface area contributed by atoms with E-state index in [0.717, 1.165) is 39.3 Å². The average Bonchev–Trinajstić information content (AvgIpc) is 2.28. The number of rotatable bonds is 7. The van der Waals surface area contributed by atoms with Gasteiger partial charge >= 0.3 is 0 Å². The SMILES string of the molecule is COCC(C)CNC(C)CC1COCCN1. The van der Waals surface area contributed by atoms with E-state index < -0.39 is 0 Å². The zero-order chi connectivity index (χ0) is 11.8. The van der Waals surface area contributed by atoms with Crippen molar-refractivity contribution in [3.63, 3.8) is 0 Å². The molecule has 1 rings (SSSR count). The second-order valence-electron chi connectivity index (χ2n) is 4.83. The second kappa shape index (κ2) is 8.01. The van der Waals surface area contributed by atoms with Crippen LogP contribution < -0.4 is 10.6 Å². The first-order chi connectivity index (χ1) is 7.72. The molecule has 0 aromatic carbocycles. The molecule has 0 aromatic heterocycles. The molecule has 0 saturated carbocycles. The molecule has 1 fully saturated rings. The van der Waals surface area contributed by atoms with Gasteiger partial charge < -0.3 is 20.1 Å². The van der Waals surface area contributed by atoms with E-state index >= 15 is 0 Å². The molecule has 0 aromatic rings. The molecular weight excluding hydrogens is 204 g/mol. The highest BCUT2D eigenvalue weighted by Gasteiger charge is 2.16. The van der Waals surface area contributed by atoms with Gasteiger partial charge in [0.1, 0.15) is 0 Å². The van der Waals surface area contributed by atoms with Crippen LogP contribution in [0.2, 0.25) is 0 Å². The van der Waals surface area contributed by atoms with Crippen molar-refractivity contribution in [3.05, 3.63) is 0 Å². The van der Waals surface area contributed by atoms with Gasteiger partial charge in [-0.2, -0.15) is 0 Å². The molecule has 0 aliphatic carbocycles. The van der Waals surface area contributed by atoms with Gasteiger partial charge in [-0.25, -0.2) is 0 Å². The van der Waals surface area contributed by atoms with Crippen molar-refractivity contribution in [2.24, 2.45) is 5.92 Å². The summed E-state index contributed by atoms with van der Waals surface area (Å²) in [4.78, 5) is 0. The normalized spacial score (nSPS) is 25.3. The van der Waals surface area contributed by atoms with Gasteiger partial charge in [-0.15, -0.1) is 0 Å². The van der Waals surface area contributed by atoms with Gasteiger partial charge in [-0.1, -0.05) is 6.92 Å². The van der Waals surface area contributed by atoms with Gasteiger partial charge in [-0.3, -0.25) is 0 Å². The molecule has 1 heterocycles. The number of ether oxygens (including phenoxy) is 2. The number of morpholine rings is 1. The number of hydrogen-bond acceptors (Lipinski definition) is 4. The Bertz CT molecular complexity index is 172. The molecule has 16 heavy (non-hydrogen) atoms. The molecule has 3 atom stereocenters. The molecule has 0 bridgehead atoms. The van der Waals surface area contributed by atoms with Crippen molar-refractivity contribution in [3.8, 4) is 0 Å². The molecule has 0 amide bonds. The monoisotopic (exact) mass is 230 g/mol. The van der Waals surface area contributed by atoms with Crippen molar-refractivity contribution >= 4 is 0 Å². The van der Waals surface area contributed by atoms with Gasteiger partial charge in [0.25, 0.3) is 0 Å². The summed E-state index contributed by atoms with van der Waals surface area (Å²) in [7, 11) is 1.75. The second-order valence-corrected chi connectivity index (χ2v) is 4.83. The van der Waals surface area contributed by atoms with Gasteiger partial charge in [0.05, 0.1) is 13.2 Å². The predicted octanol–water partition coefficient (Wildman–Crippen LogP) is 0.626. The third-order valence-electron chi connectivity index (χ3n) is 2.90. The largest absolute Gasteiger partial charge is 0.384 e. The van der Waals surface area contributed by atoms with Crippen LogP contribution in [0.15, 0.2) is 0 Å². The Morgan fingerprint density at radius 3 is 2.94 bits per heavy atom. The first kappa shape index (κ1) is 13.9. The van der Waals surface area contributed by atoms with E-state index in [0.29, 0.717) is 18.0 Å². The maximum absolute atomic E-state index is 5.44. The van der Waals surface area contributed by atoms with E-state index in [-0.39, 0.29) is 0 Å². The van der Waals surface area contributed by atoms with Gasteiger partial charge in [0.15, 0.2) is 0 Å². The predicted molar refractivity (Wildman–Crippen MR) is 65.7 cm³/mol. The van der Waals surface area contributed by atoms with E-state index in [4.69, 9.17) is 9.47 Å². The first-order valence-corrected chi connectivity index (χ1v) is 6.25. The van der Waals surface area contributed by atoms with Crippen LogP contribution >= 0.6 is 0 Å². The summed E-state index contributed by atoms with van der Waals surface area (Å²) in [5.41, 5.74) is 0. The van der Waals surface area contributed by atoms with Crippen LogP contribution in [-0.2, 0) is 9.47 Å². The Morgan fingerprint density at radius 2 is 2.31 bits per heavy atom. The van der Waals surface area contributed by atoms with Crippen LogP contribution in [0.3, 0.4) is 0 Å². The number of nitrogens with one attached hydrogen (secondary N) is 2. The van der Waals surface area contributed by atoms with Crippen LogP contribution in [0.1, 0.15) is 20.3 Å². The minimum absolute atomic E-state index is 0.508. The fourth-order valence-electron chi connectivity index (χ4n) is 2.03. The molecule has 1 aliphatic heterocycles. The fourth-order valence-corrected chi connectivity index (χ4v) is 2.03. The highest BCUT2D eigenvalue weighted by Crippen LogP contribution is 2.03. The molecular formula is C12H26N2O2. The Labute approximate surface area is 99.1 Å². The summed E-state index contributed by atoms with van der Waals surface area (Å²) >= 11 is 0. The molecule has 96 valence electrons. The van der Waals surface area contributed by atoms with Crippen LogP contribution in [0.25, 0.3) is 0 Å². The molecule has 0 spiro atoms. The van der Waals surface area contributed by atoms with Crippen molar-refractivity contribution in [2.45, 2.75) is 32.4 Å². The minimum Gasteiger partial charge on any atom is -0.384 e. The maximum Gasteiger partial charge on any atom is 0.0620 e. The van der Waals surface area contributed by atoms with Gasteiger partial charge in [-0.05, 0) is 19.3 Å². The highest BCUT2D eigenvalue weighted by atomic mass is 16.5. The molecule has 0 radical (unpaired) electrons. The zero-order valence-corrected chi connectivity index (χ0v) is 10.8. The van der Waals surface area contributed by atoms with Crippen LogP contribution in [0.5, 0.6) is 0 Å². The van der Waals surface area contributed by atoms with Crippen molar-refractivity contribution < 1.29 is 9.47 Å². The van der Waals surface area contributed by atoms with E-state index in [1.807, 2.05) is 0 Å².